The van der Waals surface area contributed by atoms with Crippen molar-refractivity contribution in [2.45, 2.75) is 96.4 Å². The van der Waals surface area contributed by atoms with Gasteiger partial charge in [-0.1, -0.05) is 64.7 Å². The van der Waals surface area contributed by atoms with Crippen LogP contribution < -0.4 is 0 Å². The summed E-state index contributed by atoms with van der Waals surface area (Å²) in [6, 6.07) is 0. The van der Waals surface area contributed by atoms with E-state index in [2.05, 4.69) is 6.92 Å². The third-order valence-corrected chi connectivity index (χ3v) is 3.49. The Morgan fingerprint density at radius 1 is 0.722 bits per heavy atom. The van der Waals surface area contributed by atoms with Gasteiger partial charge in [0.1, 0.15) is 6.10 Å². The van der Waals surface area contributed by atoms with Crippen LogP contribution in [0.1, 0.15) is 78.1 Å². The number of unbranched alkanes of at least 4 members (excludes halogenated alkanes) is 8. The van der Waals surface area contributed by atoms with Crippen molar-refractivity contribution in [1.82, 2.24) is 0 Å². The number of hydrogen-bond acceptors (Lipinski definition) is 3. The summed E-state index contributed by atoms with van der Waals surface area (Å²) in [7, 11) is 0. The van der Waals surface area contributed by atoms with Crippen LogP contribution in [-0.2, 0) is 0 Å². The summed E-state index contributed by atoms with van der Waals surface area (Å²) in [6.45, 7) is 3.73. The lowest BCUT2D eigenvalue weighted by Crippen LogP contribution is -2.35. The van der Waals surface area contributed by atoms with Gasteiger partial charge in [-0.2, -0.15) is 0 Å². The molecule has 0 aliphatic carbocycles. The highest BCUT2D eigenvalue weighted by Gasteiger charge is 2.20. The SMILES string of the molecule is CCCCCCCCCCCC(O)C(O)C(C)O. The van der Waals surface area contributed by atoms with E-state index < -0.39 is 18.3 Å². The fraction of sp³-hybridized carbons (Fsp3) is 1.00. The summed E-state index contributed by atoms with van der Waals surface area (Å²) in [6.07, 6.45) is 9.15. The molecule has 0 heterocycles. The van der Waals surface area contributed by atoms with Crippen molar-refractivity contribution in [1.29, 1.82) is 0 Å². The Hall–Kier alpha value is -0.120. The van der Waals surface area contributed by atoms with Gasteiger partial charge in [-0.25, -0.2) is 0 Å². The molecule has 3 heteroatoms. The third kappa shape index (κ3) is 9.86. The summed E-state index contributed by atoms with van der Waals surface area (Å²) in [5, 5.41) is 28.1. The second kappa shape index (κ2) is 11.9. The Morgan fingerprint density at radius 3 is 1.61 bits per heavy atom. The lowest BCUT2D eigenvalue weighted by molar-refractivity contribution is -0.0550. The van der Waals surface area contributed by atoms with Crippen molar-refractivity contribution in [3.8, 4) is 0 Å². The van der Waals surface area contributed by atoms with Gasteiger partial charge in [-0.05, 0) is 13.3 Å². The van der Waals surface area contributed by atoms with Crippen molar-refractivity contribution >= 4 is 0 Å². The molecule has 0 aromatic rings. The number of rotatable bonds is 12. The molecular weight excluding hydrogens is 228 g/mol. The van der Waals surface area contributed by atoms with Gasteiger partial charge in [-0.15, -0.1) is 0 Å². The van der Waals surface area contributed by atoms with Crippen LogP contribution in [0.5, 0.6) is 0 Å². The Labute approximate surface area is 112 Å². The molecule has 0 saturated heterocycles. The zero-order valence-corrected chi connectivity index (χ0v) is 12.1. The van der Waals surface area contributed by atoms with E-state index in [4.69, 9.17) is 5.11 Å². The molecule has 0 fully saturated rings. The molecule has 3 N–H and O–H groups in total. The second-order valence-electron chi connectivity index (χ2n) is 5.42. The maximum Gasteiger partial charge on any atom is 0.105 e. The summed E-state index contributed by atoms with van der Waals surface area (Å²) < 4.78 is 0. The van der Waals surface area contributed by atoms with Crippen LogP contribution in [-0.4, -0.2) is 33.6 Å². The van der Waals surface area contributed by atoms with Gasteiger partial charge in [0.2, 0.25) is 0 Å². The highest BCUT2D eigenvalue weighted by molar-refractivity contribution is 4.71. The van der Waals surface area contributed by atoms with Gasteiger partial charge in [0.05, 0.1) is 12.2 Å². The van der Waals surface area contributed by atoms with Crippen molar-refractivity contribution in [2.75, 3.05) is 0 Å². The molecule has 0 aromatic heterocycles. The Morgan fingerprint density at radius 2 is 1.17 bits per heavy atom. The van der Waals surface area contributed by atoms with E-state index in [0.29, 0.717) is 6.42 Å². The first-order chi connectivity index (χ1) is 8.59. The van der Waals surface area contributed by atoms with Crippen LogP contribution in [0.2, 0.25) is 0 Å². The number of hydrogen-bond donors (Lipinski definition) is 3. The highest BCUT2D eigenvalue weighted by atomic mass is 16.4. The summed E-state index contributed by atoms with van der Waals surface area (Å²) in [4.78, 5) is 0. The molecule has 110 valence electrons. The maximum atomic E-state index is 9.58. The van der Waals surface area contributed by atoms with E-state index in [1.165, 1.54) is 51.9 Å². The lowest BCUT2D eigenvalue weighted by Gasteiger charge is -2.19. The molecule has 0 saturated carbocycles. The van der Waals surface area contributed by atoms with E-state index in [-0.39, 0.29) is 0 Å². The molecular formula is C15H32O3. The molecule has 0 bridgehead atoms. The molecule has 0 aliphatic heterocycles. The first kappa shape index (κ1) is 17.9. The van der Waals surface area contributed by atoms with E-state index in [1.54, 1.807) is 0 Å². The van der Waals surface area contributed by atoms with Crippen molar-refractivity contribution in [3.05, 3.63) is 0 Å². The monoisotopic (exact) mass is 260 g/mol. The van der Waals surface area contributed by atoms with Crippen LogP contribution in [0, 0.1) is 0 Å². The molecule has 3 atom stereocenters. The van der Waals surface area contributed by atoms with Gasteiger partial charge < -0.3 is 15.3 Å². The van der Waals surface area contributed by atoms with E-state index >= 15 is 0 Å². The first-order valence-electron chi connectivity index (χ1n) is 7.63. The average Bonchev–Trinajstić information content (AvgIpc) is 2.35. The normalized spacial score (nSPS) is 16.5. The molecule has 0 spiro atoms. The fourth-order valence-corrected chi connectivity index (χ4v) is 2.16. The van der Waals surface area contributed by atoms with Gasteiger partial charge in [0.25, 0.3) is 0 Å². The van der Waals surface area contributed by atoms with Crippen LogP contribution >= 0.6 is 0 Å². The number of aliphatic hydroxyl groups is 3. The number of aliphatic hydroxyl groups excluding tert-OH is 3. The summed E-state index contributed by atoms with van der Waals surface area (Å²) in [5.74, 6) is 0. The van der Waals surface area contributed by atoms with Gasteiger partial charge >= 0.3 is 0 Å². The second-order valence-corrected chi connectivity index (χ2v) is 5.42. The molecule has 0 aromatic carbocycles. The van der Waals surface area contributed by atoms with Crippen LogP contribution in [0.25, 0.3) is 0 Å². The molecule has 0 amide bonds. The molecule has 3 unspecified atom stereocenters. The third-order valence-electron chi connectivity index (χ3n) is 3.49. The van der Waals surface area contributed by atoms with Gasteiger partial charge in [0, 0.05) is 0 Å². The average molecular weight is 260 g/mol. The molecule has 0 radical (unpaired) electrons. The molecule has 0 rings (SSSR count). The van der Waals surface area contributed by atoms with E-state index in [1.807, 2.05) is 0 Å². The summed E-state index contributed by atoms with van der Waals surface area (Å²) in [5.41, 5.74) is 0. The van der Waals surface area contributed by atoms with Crippen molar-refractivity contribution in [2.24, 2.45) is 0 Å². The fourth-order valence-electron chi connectivity index (χ4n) is 2.16. The van der Waals surface area contributed by atoms with Gasteiger partial charge in [-0.3, -0.25) is 0 Å². The highest BCUT2D eigenvalue weighted by Crippen LogP contribution is 2.13. The zero-order valence-electron chi connectivity index (χ0n) is 12.1. The van der Waals surface area contributed by atoms with Crippen LogP contribution in [0.3, 0.4) is 0 Å². The van der Waals surface area contributed by atoms with E-state index in [0.717, 1.165) is 12.8 Å². The Kier molecular flexibility index (Phi) is 11.9. The minimum atomic E-state index is -1.00. The standard InChI is InChI=1S/C15H32O3/c1-3-4-5-6-7-8-9-10-11-12-14(17)15(18)13(2)16/h13-18H,3-12H2,1-2H3. The van der Waals surface area contributed by atoms with Crippen LogP contribution in [0.4, 0.5) is 0 Å². The molecule has 3 nitrogen and oxygen atoms in total. The minimum Gasteiger partial charge on any atom is -0.391 e. The lowest BCUT2D eigenvalue weighted by atomic mass is 10.0. The van der Waals surface area contributed by atoms with Crippen molar-refractivity contribution < 1.29 is 15.3 Å². The summed E-state index contributed by atoms with van der Waals surface area (Å²) >= 11 is 0. The van der Waals surface area contributed by atoms with E-state index in [9.17, 15) is 10.2 Å². The predicted octanol–water partition coefficient (Wildman–Crippen LogP) is 3.01. The zero-order chi connectivity index (χ0) is 13.8. The quantitative estimate of drug-likeness (QED) is 0.473. The minimum absolute atomic E-state index is 0.585. The Bertz CT molecular complexity index is 171. The molecule has 18 heavy (non-hydrogen) atoms. The predicted molar refractivity (Wildman–Crippen MR) is 75.5 cm³/mol. The largest absolute Gasteiger partial charge is 0.391 e. The maximum absolute atomic E-state index is 9.58. The molecule has 0 aliphatic rings. The Balaban J connectivity index is 3.25. The van der Waals surface area contributed by atoms with Crippen LogP contribution in [0.15, 0.2) is 0 Å². The van der Waals surface area contributed by atoms with Gasteiger partial charge in [0.15, 0.2) is 0 Å². The smallest absolute Gasteiger partial charge is 0.105 e. The first-order valence-corrected chi connectivity index (χ1v) is 7.63. The topological polar surface area (TPSA) is 60.7 Å². The van der Waals surface area contributed by atoms with Crippen molar-refractivity contribution in [3.63, 3.8) is 0 Å².